The Hall–Kier alpha value is -1.85. The molecule has 0 aliphatic carbocycles. The highest BCUT2D eigenvalue weighted by Crippen LogP contribution is 2.26. The first-order valence-corrected chi connectivity index (χ1v) is 8.14. The van der Waals surface area contributed by atoms with E-state index in [1.165, 1.54) is 18.2 Å². The van der Waals surface area contributed by atoms with Crippen molar-refractivity contribution in [2.45, 2.75) is 31.4 Å². The highest BCUT2D eigenvalue weighted by Gasteiger charge is 2.27. The lowest BCUT2D eigenvalue weighted by atomic mass is 10.0. The number of rotatable bonds is 5. The Morgan fingerprint density at radius 1 is 1.08 bits per heavy atom. The zero-order chi connectivity index (χ0) is 17.1. The van der Waals surface area contributed by atoms with E-state index in [1.54, 1.807) is 6.07 Å². The van der Waals surface area contributed by atoms with Gasteiger partial charge in [-0.25, -0.2) is 13.2 Å². The number of aliphatic hydroxyl groups is 1. The molecular formula is C19H20F3NO. The van der Waals surface area contributed by atoms with Crippen molar-refractivity contribution in [3.8, 4) is 0 Å². The van der Waals surface area contributed by atoms with Gasteiger partial charge in [0.25, 0.3) is 0 Å². The molecule has 2 aromatic carbocycles. The first kappa shape index (κ1) is 17.0. The smallest absolute Gasteiger partial charge is 0.131 e. The maximum absolute atomic E-state index is 13.8. The van der Waals surface area contributed by atoms with Gasteiger partial charge in [0.2, 0.25) is 0 Å². The molecule has 0 bridgehead atoms. The topological polar surface area (TPSA) is 23.5 Å². The third-order valence-electron chi connectivity index (χ3n) is 4.59. The van der Waals surface area contributed by atoms with E-state index < -0.39 is 17.7 Å². The minimum absolute atomic E-state index is 0.104. The number of hydrogen-bond donors (Lipinski definition) is 1. The minimum atomic E-state index is -1.02. The largest absolute Gasteiger partial charge is 0.387 e. The van der Waals surface area contributed by atoms with Crippen molar-refractivity contribution in [2.75, 3.05) is 13.1 Å². The van der Waals surface area contributed by atoms with Crippen molar-refractivity contribution in [1.29, 1.82) is 0 Å². The van der Waals surface area contributed by atoms with Crippen molar-refractivity contribution in [3.63, 3.8) is 0 Å². The van der Waals surface area contributed by atoms with Gasteiger partial charge in [-0.1, -0.05) is 18.2 Å². The predicted molar refractivity (Wildman–Crippen MR) is 86.0 cm³/mol. The molecule has 24 heavy (non-hydrogen) atoms. The number of likely N-dealkylation sites (tertiary alicyclic amines) is 1. The Balaban J connectivity index is 1.67. The van der Waals surface area contributed by atoms with Gasteiger partial charge in [0.1, 0.15) is 17.5 Å². The van der Waals surface area contributed by atoms with Crippen molar-refractivity contribution in [2.24, 2.45) is 0 Å². The second kappa shape index (κ2) is 7.36. The summed E-state index contributed by atoms with van der Waals surface area (Å²) in [5.41, 5.74) is 1.02. The highest BCUT2D eigenvalue weighted by molar-refractivity contribution is 5.22. The van der Waals surface area contributed by atoms with E-state index in [9.17, 15) is 18.3 Å². The molecule has 2 nitrogen and oxygen atoms in total. The van der Waals surface area contributed by atoms with E-state index in [-0.39, 0.29) is 24.0 Å². The van der Waals surface area contributed by atoms with Gasteiger partial charge in [0, 0.05) is 24.2 Å². The first-order chi connectivity index (χ1) is 11.5. The lowest BCUT2D eigenvalue weighted by Gasteiger charge is -2.27. The average Bonchev–Trinajstić information content (AvgIpc) is 2.94. The minimum Gasteiger partial charge on any atom is -0.387 e. The molecule has 5 heteroatoms. The molecule has 1 aliphatic rings. The average molecular weight is 335 g/mol. The second-order valence-corrected chi connectivity index (χ2v) is 6.31. The standard InChI is InChI=1S/C19H20F3NO/c20-14-4-1-3-13(9-14)10-16-5-2-8-23(16)12-19(24)17-7-6-15(21)11-18(17)22/h1,3-4,6-7,9,11,16,19,24H,2,5,8,10,12H2. The van der Waals surface area contributed by atoms with Crippen molar-refractivity contribution in [1.82, 2.24) is 4.90 Å². The maximum Gasteiger partial charge on any atom is 0.131 e. The van der Waals surface area contributed by atoms with E-state index in [1.807, 2.05) is 6.07 Å². The summed E-state index contributed by atoms with van der Waals surface area (Å²) < 4.78 is 40.1. The van der Waals surface area contributed by atoms with Crippen molar-refractivity contribution in [3.05, 3.63) is 71.0 Å². The molecule has 1 aliphatic heterocycles. The van der Waals surface area contributed by atoms with Gasteiger partial charge in [0.15, 0.2) is 0 Å². The maximum atomic E-state index is 13.8. The van der Waals surface area contributed by atoms with Crippen LogP contribution in [-0.4, -0.2) is 29.1 Å². The van der Waals surface area contributed by atoms with Crippen LogP contribution < -0.4 is 0 Å². The van der Waals surface area contributed by atoms with Gasteiger partial charge in [-0.2, -0.15) is 0 Å². The molecular weight excluding hydrogens is 315 g/mol. The summed E-state index contributed by atoms with van der Waals surface area (Å²) in [4.78, 5) is 2.10. The Kier molecular flexibility index (Phi) is 5.21. The molecule has 1 N–H and O–H groups in total. The van der Waals surface area contributed by atoms with Gasteiger partial charge < -0.3 is 5.11 Å². The normalized spacial score (nSPS) is 19.6. The van der Waals surface area contributed by atoms with Crippen LogP contribution in [-0.2, 0) is 6.42 Å². The monoisotopic (exact) mass is 335 g/mol. The van der Waals surface area contributed by atoms with Gasteiger partial charge in [-0.3, -0.25) is 4.90 Å². The SMILES string of the molecule is OC(CN1CCCC1Cc1cccc(F)c1)c1ccc(F)cc1F. The van der Waals surface area contributed by atoms with Crippen LogP contribution in [0.4, 0.5) is 13.2 Å². The predicted octanol–water partition coefficient (Wildman–Crippen LogP) is 3.84. The fraction of sp³-hybridized carbons (Fsp3) is 0.368. The van der Waals surface area contributed by atoms with Gasteiger partial charge in [0.05, 0.1) is 6.10 Å². The van der Waals surface area contributed by atoms with Gasteiger partial charge >= 0.3 is 0 Å². The first-order valence-electron chi connectivity index (χ1n) is 8.14. The van der Waals surface area contributed by atoms with E-state index >= 15 is 0 Å². The van der Waals surface area contributed by atoms with Crippen LogP contribution in [0.5, 0.6) is 0 Å². The number of β-amino-alcohol motifs (C(OH)–C–C–N with tert-alkyl or cyclic N) is 1. The Morgan fingerprint density at radius 2 is 1.88 bits per heavy atom. The van der Waals surface area contributed by atoms with Crippen molar-refractivity contribution < 1.29 is 18.3 Å². The summed E-state index contributed by atoms with van der Waals surface area (Å²) in [5.74, 6) is -1.65. The lowest BCUT2D eigenvalue weighted by molar-refractivity contribution is 0.103. The van der Waals surface area contributed by atoms with E-state index in [4.69, 9.17) is 0 Å². The summed E-state index contributed by atoms with van der Waals surface area (Å²) in [5, 5.41) is 10.3. The lowest BCUT2D eigenvalue weighted by Crippen LogP contribution is -2.35. The quantitative estimate of drug-likeness (QED) is 0.897. The van der Waals surface area contributed by atoms with Crippen LogP contribution in [0.2, 0.25) is 0 Å². The van der Waals surface area contributed by atoms with Crippen LogP contribution in [0.25, 0.3) is 0 Å². The highest BCUT2D eigenvalue weighted by atomic mass is 19.1. The van der Waals surface area contributed by atoms with Crippen molar-refractivity contribution >= 4 is 0 Å². The molecule has 2 aromatic rings. The molecule has 0 aromatic heterocycles. The Bertz CT molecular complexity index is 707. The summed E-state index contributed by atoms with van der Waals surface area (Å²) in [6.07, 6.45) is 1.61. The zero-order valence-electron chi connectivity index (χ0n) is 13.3. The Morgan fingerprint density at radius 3 is 2.62 bits per heavy atom. The van der Waals surface area contributed by atoms with Crippen LogP contribution in [0, 0.1) is 17.5 Å². The Labute approximate surface area is 139 Å². The summed E-state index contributed by atoms with van der Waals surface area (Å²) in [6, 6.07) is 9.91. The summed E-state index contributed by atoms with van der Waals surface area (Å²) in [6.45, 7) is 1.09. The molecule has 0 spiro atoms. The van der Waals surface area contributed by atoms with Crippen LogP contribution in [0.1, 0.15) is 30.1 Å². The fourth-order valence-corrected chi connectivity index (χ4v) is 3.39. The van der Waals surface area contributed by atoms with E-state index in [2.05, 4.69) is 4.90 Å². The number of hydrogen-bond acceptors (Lipinski definition) is 2. The molecule has 2 atom stereocenters. The zero-order valence-corrected chi connectivity index (χ0v) is 13.3. The molecule has 1 saturated heterocycles. The molecule has 0 amide bonds. The number of nitrogens with zero attached hydrogens (tertiary/aromatic N) is 1. The molecule has 0 radical (unpaired) electrons. The van der Waals surface area contributed by atoms with Gasteiger partial charge in [-0.05, 0) is 49.6 Å². The van der Waals surface area contributed by atoms with E-state index in [0.717, 1.165) is 37.1 Å². The third kappa shape index (κ3) is 3.97. The molecule has 128 valence electrons. The van der Waals surface area contributed by atoms with Crippen LogP contribution in [0.15, 0.2) is 42.5 Å². The number of benzene rings is 2. The molecule has 1 heterocycles. The number of halogens is 3. The van der Waals surface area contributed by atoms with Gasteiger partial charge in [-0.15, -0.1) is 0 Å². The van der Waals surface area contributed by atoms with Crippen LogP contribution >= 0.6 is 0 Å². The van der Waals surface area contributed by atoms with Crippen LogP contribution in [0.3, 0.4) is 0 Å². The molecule has 2 unspecified atom stereocenters. The fourth-order valence-electron chi connectivity index (χ4n) is 3.39. The summed E-state index contributed by atoms with van der Waals surface area (Å²) in [7, 11) is 0. The van der Waals surface area contributed by atoms with E-state index in [0.29, 0.717) is 6.42 Å². The summed E-state index contributed by atoms with van der Waals surface area (Å²) >= 11 is 0. The molecule has 0 saturated carbocycles. The molecule has 1 fully saturated rings. The number of aliphatic hydroxyl groups excluding tert-OH is 1. The molecule has 3 rings (SSSR count). The second-order valence-electron chi connectivity index (χ2n) is 6.31. The third-order valence-corrected chi connectivity index (χ3v) is 4.59.